The average molecular weight is 368 g/mol. The van der Waals surface area contributed by atoms with E-state index in [1.807, 2.05) is 0 Å². The number of nitrogens with two attached hydrogens (primary N) is 4. The number of unbranched alkanes of at least 4 members (excludes halogenated alkanes) is 2. The van der Waals surface area contributed by atoms with Crippen molar-refractivity contribution in [2.24, 2.45) is 22.9 Å². The van der Waals surface area contributed by atoms with Crippen molar-refractivity contribution < 1.29 is 39.6 Å². The second-order valence-electron chi connectivity index (χ2n) is 4.73. The van der Waals surface area contributed by atoms with E-state index < -0.39 is 42.4 Å². The summed E-state index contributed by atoms with van der Waals surface area (Å²) in [5.41, 5.74) is 20.3. The molecule has 0 heterocycles. The molecular formula is C13H28N4O8. The fraction of sp³-hybridized carbons (Fsp3) is 0.692. The molecule has 2 unspecified atom stereocenters. The van der Waals surface area contributed by atoms with Crippen LogP contribution in [0, 0.1) is 0 Å². The van der Waals surface area contributed by atoms with Gasteiger partial charge in [0.25, 0.3) is 0 Å². The summed E-state index contributed by atoms with van der Waals surface area (Å²) >= 11 is 0. The second kappa shape index (κ2) is 18.1. The van der Waals surface area contributed by atoms with Crippen LogP contribution in [0.2, 0.25) is 0 Å². The molecule has 0 rings (SSSR count). The van der Waals surface area contributed by atoms with Gasteiger partial charge in [-0.1, -0.05) is 12.8 Å². The molecule has 0 aliphatic heterocycles. The van der Waals surface area contributed by atoms with Crippen molar-refractivity contribution in [2.45, 2.75) is 44.2 Å². The van der Waals surface area contributed by atoms with Gasteiger partial charge in [0.2, 0.25) is 0 Å². The van der Waals surface area contributed by atoms with E-state index >= 15 is 0 Å². The van der Waals surface area contributed by atoms with Crippen molar-refractivity contribution >= 4 is 23.9 Å². The third-order valence-corrected chi connectivity index (χ3v) is 2.41. The summed E-state index contributed by atoms with van der Waals surface area (Å²) in [6.45, 7) is 0.664. The van der Waals surface area contributed by atoms with Gasteiger partial charge in [-0.3, -0.25) is 19.2 Å². The van der Waals surface area contributed by atoms with Crippen LogP contribution in [-0.4, -0.2) is 69.5 Å². The van der Waals surface area contributed by atoms with Gasteiger partial charge in [0.05, 0.1) is 0 Å². The molecule has 0 aromatic carbocycles. The van der Waals surface area contributed by atoms with Gasteiger partial charge in [-0.15, -0.1) is 0 Å². The normalized spacial score (nSPS) is 11.7. The number of carboxylic acids is 4. The fourth-order valence-electron chi connectivity index (χ4n) is 1.04. The lowest BCUT2D eigenvalue weighted by atomic mass is 10.1. The summed E-state index contributed by atoms with van der Waals surface area (Å²) in [5.74, 6) is -4.60. The third-order valence-electron chi connectivity index (χ3n) is 2.41. The van der Waals surface area contributed by atoms with E-state index in [9.17, 15) is 19.2 Å². The van der Waals surface area contributed by atoms with Crippen LogP contribution in [-0.2, 0) is 19.2 Å². The van der Waals surface area contributed by atoms with Crippen LogP contribution in [0.25, 0.3) is 0 Å². The van der Waals surface area contributed by atoms with E-state index in [4.69, 9.17) is 43.4 Å². The van der Waals surface area contributed by atoms with Crippen molar-refractivity contribution in [3.8, 4) is 0 Å². The molecule has 12 N–H and O–H groups in total. The van der Waals surface area contributed by atoms with Crippen LogP contribution >= 0.6 is 0 Å². The molecule has 12 nitrogen and oxygen atoms in total. The first-order valence-electron chi connectivity index (χ1n) is 7.30. The van der Waals surface area contributed by atoms with Crippen molar-refractivity contribution in [1.29, 1.82) is 0 Å². The molecule has 0 saturated carbocycles. The third kappa shape index (κ3) is 26.9. The maximum atomic E-state index is 10.2. The van der Waals surface area contributed by atoms with Crippen LogP contribution in [0.5, 0.6) is 0 Å². The molecule has 0 spiro atoms. The predicted octanol–water partition coefficient (Wildman–Crippen LogP) is -2.18. The summed E-state index contributed by atoms with van der Waals surface area (Å²) in [6, 6.07) is -1.60. The zero-order chi connectivity index (χ0) is 20.4. The molecule has 0 fully saturated rings. The lowest BCUT2D eigenvalue weighted by Crippen LogP contribution is -2.37. The van der Waals surface area contributed by atoms with Gasteiger partial charge in [0, 0.05) is 6.54 Å². The number of carboxylic acid groups (broad SMARTS) is 4. The molecule has 0 aliphatic rings. The smallest absolute Gasteiger partial charge is 0.321 e. The van der Waals surface area contributed by atoms with Crippen LogP contribution in [0.1, 0.15) is 32.1 Å². The van der Waals surface area contributed by atoms with Crippen molar-refractivity contribution in [3.63, 3.8) is 0 Å². The molecule has 12 heteroatoms. The number of hydrogen-bond acceptors (Lipinski definition) is 8. The van der Waals surface area contributed by atoms with Crippen molar-refractivity contribution in [1.82, 2.24) is 0 Å². The molecule has 0 aromatic heterocycles. The maximum Gasteiger partial charge on any atom is 0.321 e. The predicted molar refractivity (Wildman–Crippen MR) is 87.7 cm³/mol. The summed E-state index contributed by atoms with van der Waals surface area (Å²) in [5, 5.41) is 31.8. The Hall–Kier alpha value is -2.28. The highest BCUT2D eigenvalue weighted by Gasteiger charge is 2.09. The Morgan fingerprint density at radius 1 is 0.720 bits per heavy atom. The number of aliphatic carboxylic acids is 4. The maximum absolute atomic E-state index is 10.2. The summed E-state index contributed by atoms with van der Waals surface area (Å²) in [7, 11) is 0. The van der Waals surface area contributed by atoms with E-state index in [0.717, 1.165) is 19.3 Å². The molecule has 0 bridgehead atoms. The Bertz CT molecular complexity index is 393. The SMILES string of the molecule is NCC(N)C(=O)O.NCCCCCC(N)C(=O)O.O=C(O)CC(=O)O. The molecule has 0 saturated heterocycles. The summed E-state index contributed by atoms with van der Waals surface area (Å²) in [4.78, 5) is 38.8. The van der Waals surface area contributed by atoms with Gasteiger partial charge in [0.1, 0.15) is 18.5 Å². The van der Waals surface area contributed by atoms with Gasteiger partial charge in [-0.25, -0.2) is 0 Å². The Labute approximate surface area is 144 Å². The molecule has 0 amide bonds. The quantitative estimate of drug-likeness (QED) is 0.151. The van der Waals surface area contributed by atoms with Gasteiger partial charge < -0.3 is 43.4 Å². The summed E-state index contributed by atoms with van der Waals surface area (Å²) in [6.07, 6.45) is 2.52. The van der Waals surface area contributed by atoms with E-state index in [2.05, 4.69) is 0 Å². The Balaban J connectivity index is -0.000000304. The van der Waals surface area contributed by atoms with Crippen molar-refractivity contribution in [2.75, 3.05) is 13.1 Å². The van der Waals surface area contributed by atoms with Crippen molar-refractivity contribution in [3.05, 3.63) is 0 Å². The largest absolute Gasteiger partial charge is 0.481 e. The minimum absolute atomic E-state index is 0.00463. The molecule has 0 aliphatic carbocycles. The van der Waals surface area contributed by atoms with Gasteiger partial charge in [-0.2, -0.15) is 0 Å². The van der Waals surface area contributed by atoms with Gasteiger partial charge >= 0.3 is 23.9 Å². The molecule has 25 heavy (non-hydrogen) atoms. The number of rotatable bonds is 10. The number of hydrogen-bond donors (Lipinski definition) is 8. The van der Waals surface area contributed by atoms with E-state index in [-0.39, 0.29) is 6.54 Å². The molecule has 0 radical (unpaired) electrons. The average Bonchev–Trinajstić information content (AvgIpc) is 2.50. The van der Waals surface area contributed by atoms with E-state index in [0.29, 0.717) is 13.0 Å². The molecular weight excluding hydrogens is 340 g/mol. The zero-order valence-electron chi connectivity index (χ0n) is 13.8. The lowest BCUT2D eigenvalue weighted by molar-refractivity contribution is -0.147. The highest BCUT2D eigenvalue weighted by atomic mass is 16.4. The lowest BCUT2D eigenvalue weighted by Gasteiger charge is -2.04. The second-order valence-corrected chi connectivity index (χ2v) is 4.73. The minimum Gasteiger partial charge on any atom is -0.481 e. The highest BCUT2D eigenvalue weighted by molar-refractivity contribution is 5.88. The number of carbonyl (C=O) groups is 4. The first-order valence-corrected chi connectivity index (χ1v) is 7.30. The van der Waals surface area contributed by atoms with Gasteiger partial charge in [0.15, 0.2) is 0 Å². The van der Waals surface area contributed by atoms with Crippen LogP contribution < -0.4 is 22.9 Å². The fourth-order valence-corrected chi connectivity index (χ4v) is 1.04. The minimum atomic E-state index is -1.31. The molecule has 148 valence electrons. The highest BCUT2D eigenvalue weighted by Crippen LogP contribution is 2.01. The molecule has 0 aromatic rings. The van der Waals surface area contributed by atoms with E-state index in [1.54, 1.807) is 0 Å². The summed E-state index contributed by atoms with van der Waals surface area (Å²) < 4.78 is 0. The monoisotopic (exact) mass is 368 g/mol. The first kappa shape index (κ1) is 27.6. The zero-order valence-corrected chi connectivity index (χ0v) is 13.8. The Morgan fingerprint density at radius 2 is 1.16 bits per heavy atom. The van der Waals surface area contributed by atoms with Crippen LogP contribution in [0.3, 0.4) is 0 Å². The van der Waals surface area contributed by atoms with Crippen LogP contribution in [0.15, 0.2) is 0 Å². The molecule has 2 atom stereocenters. The first-order chi connectivity index (χ1) is 11.5. The topological polar surface area (TPSA) is 253 Å². The Morgan fingerprint density at radius 3 is 1.36 bits per heavy atom. The standard InChI is InChI=1S/C7H16N2O2.C3H8N2O2.C3H4O4/c8-5-3-1-2-4-6(9)7(10)11;4-1-2(5)3(6)7;4-2(5)1-3(6)7/h6H,1-5,8-9H2,(H,10,11);2H,1,4-5H2,(H,6,7);1H2,(H,4,5)(H,6,7). The van der Waals surface area contributed by atoms with E-state index in [1.165, 1.54) is 0 Å². The Kier molecular flexibility index (Phi) is 19.9. The van der Waals surface area contributed by atoms with Crippen LogP contribution in [0.4, 0.5) is 0 Å². The van der Waals surface area contributed by atoms with Gasteiger partial charge in [-0.05, 0) is 19.4 Å².